The number of likely N-dealkylation sites (tertiary alicyclic amines) is 1. The molecule has 0 amide bonds. The van der Waals surface area contributed by atoms with E-state index in [1.807, 2.05) is 6.07 Å². The minimum absolute atomic E-state index is 0.406. The fourth-order valence-electron chi connectivity index (χ4n) is 3.75. The summed E-state index contributed by atoms with van der Waals surface area (Å²) in [7, 11) is 1.74. The summed E-state index contributed by atoms with van der Waals surface area (Å²) < 4.78 is 5.43. The summed E-state index contributed by atoms with van der Waals surface area (Å²) >= 11 is 0. The molecule has 1 fully saturated rings. The molecule has 0 aromatic heterocycles. The van der Waals surface area contributed by atoms with Gasteiger partial charge in [0.05, 0.1) is 7.11 Å². The maximum Gasteiger partial charge on any atom is 0.119 e. The fourth-order valence-corrected chi connectivity index (χ4v) is 3.75. The summed E-state index contributed by atoms with van der Waals surface area (Å²) in [6.45, 7) is 8.60. The van der Waals surface area contributed by atoms with Crippen LogP contribution < -0.4 is 10.1 Å². The summed E-state index contributed by atoms with van der Waals surface area (Å²) in [5.41, 5.74) is 5.42. The minimum Gasteiger partial charge on any atom is -0.497 e. The van der Waals surface area contributed by atoms with Crippen molar-refractivity contribution < 1.29 is 4.74 Å². The van der Waals surface area contributed by atoms with E-state index in [-0.39, 0.29) is 0 Å². The maximum absolute atomic E-state index is 5.43. The van der Waals surface area contributed by atoms with Crippen LogP contribution in [0.4, 0.5) is 0 Å². The van der Waals surface area contributed by atoms with Crippen LogP contribution in [0.3, 0.4) is 0 Å². The average molecular weight is 338 g/mol. The zero-order valence-corrected chi connectivity index (χ0v) is 15.7. The van der Waals surface area contributed by atoms with Gasteiger partial charge in [0.1, 0.15) is 5.75 Å². The van der Waals surface area contributed by atoms with Crippen LogP contribution in [0.25, 0.3) is 0 Å². The Morgan fingerprint density at radius 1 is 1.08 bits per heavy atom. The lowest BCUT2D eigenvalue weighted by Gasteiger charge is -2.28. The van der Waals surface area contributed by atoms with E-state index < -0.39 is 0 Å². The van der Waals surface area contributed by atoms with Gasteiger partial charge in [-0.15, -0.1) is 0 Å². The number of hydrogen-bond acceptors (Lipinski definition) is 3. The van der Waals surface area contributed by atoms with E-state index in [1.54, 1.807) is 7.11 Å². The third kappa shape index (κ3) is 4.62. The number of nitrogens with one attached hydrogen (secondary N) is 1. The Balaban J connectivity index is 1.69. The summed E-state index contributed by atoms with van der Waals surface area (Å²) in [5.74, 6) is 0.941. The van der Waals surface area contributed by atoms with Gasteiger partial charge in [0.15, 0.2) is 0 Å². The summed E-state index contributed by atoms with van der Waals surface area (Å²) in [6, 6.07) is 15.6. The van der Waals surface area contributed by atoms with Crippen LogP contribution in [-0.4, -0.2) is 31.6 Å². The number of rotatable bonds is 7. The summed E-state index contributed by atoms with van der Waals surface area (Å²) in [4.78, 5) is 2.60. The average Bonchev–Trinajstić information content (AvgIpc) is 3.14. The normalized spacial score (nSPS) is 16.1. The second-order valence-electron chi connectivity index (χ2n) is 7.10. The van der Waals surface area contributed by atoms with E-state index in [2.05, 4.69) is 60.5 Å². The summed E-state index contributed by atoms with van der Waals surface area (Å²) in [6.07, 6.45) is 2.61. The highest BCUT2D eigenvalue weighted by molar-refractivity contribution is 5.32. The molecule has 1 heterocycles. The van der Waals surface area contributed by atoms with Crippen molar-refractivity contribution in [2.75, 3.05) is 26.7 Å². The quantitative estimate of drug-likeness (QED) is 0.817. The number of ether oxygens (including phenoxy) is 1. The lowest BCUT2D eigenvalue weighted by molar-refractivity contribution is 0.238. The molecule has 1 aliphatic rings. The molecule has 0 spiro atoms. The van der Waals surface area contributed by atoms with Crippen molar-refractivity contribution >= 4 is 0 Å². The standard InChI is InChI=1S/C22H30N2O/c1-17-9-10-20(18(2)13-17)15-23-16-22(24-11-4-5-12-24)19-7-6-8-21(14-19)25-3/h6-10,13-14,22-23H,4-5,11-12,15-16H2,1-3H3/t22-/m0/s1. The first-order valence-corrected chi connectivity index (χ1v) is 9.32. The minimum atomic E-state index is 0.406. The third-order valence-corrected chi connectivity index (χ3v) is 5.21. The molecule has 0 bridgehead atoms. The fraction of sp³-hybridized carbons (Fsp3) is 0.455. The van der Waals surface area contributed by atoms with Crippen molar-refractivity contribution in [2.24, 2.45) is 0 Å². The van der Waals surface area contributed by atoms with E-state index in [0.717, 1.165) is 18.8 Å². The Bertz CT molecular complexity index is 692. The van der Waals surface area contributed by atoms with Crippen molar-refractivity contribution in [3.8, 4) is 5.75 Å². The number of hydrogen-bond donors (Lipinski definition) is 1. The van der Waals surface area contributed by atoms with Gasteiger partial charge in [-0.2, -0.15) is 0 Å². The predicted molar refractivity (Wildman–Crippen MR) is 104 cm³/mol. The first kappa shape index (κ1) is 18.0. The van der Waals surface area contributed by atoms with Crippen molar-refractivity contribution in [1.82, 2.24) is 10.2 Å². The second-order valence-corrected chi connectivity index (χ2v) is 7.10. The molecule has 1 atom stereocenters. The lowest BCUT2D eigenvalue weighted by atomic mass is 10.0. The Labute approximate surface area is 152 Å². The molecule has 0 radical (unpaired) electrons. The van der Waals surface area contributed by atoms with Crippen molar-refractivity contribution in [2.45, 2.75) is 39.3 Å². The highest BCUT2D eigenvalue weighted by Crippen LogP contribution is 2.27. The van der Waals surface area contributed by atoms with E-state index in [0.29, 0.717) is 6.04 Å². The Morgan fingerprint density at radius 2 is 1.88 bits per heavy atom. The molecule has 3 rings (SSSR count). The molecule has 0 unspecified atom stereocenters. The Hall–Kier alpha value is -1.84. The monoisotopic (exact) mass is 338 g/mol. The van der Waals surface area contributed by atoms with Crippen molar-refractivity contribution in [3.05, 3.63) is 64.7 Å². The zero-order valence-electron chi connectivity index (χ0n) is 15.7. The van der Waals surface area contributed by atoms with Gasteiger partial charge in [0.25, 0.3) is 0 Å². The van der Waals surface area contributed by atoms with Crippen LogP contribution in [0.15, 0.2) is 42.5 Å². The van der Waals surface area contributed by atoms with E-state index >= 15 is 0 Å². The van der Waals surface area contributed by atoms with E-state index in [1.165, 1.54) is 48.2 Å². The van der Waals surface area contributed by atoms with Crippen LogP contribution in [0.2, 0.25) is 0 Å². The molecular weight excluding hydrogens is 308 g/mol. The molecule has 2 aromatic rings. The molecule has 3 heteroatoms. The molecule has 0 saturated carbocycles. The highest BCUT2D eigenvalue weighted by atomic mass is 16.5. The van der Waals surface area contributed by atoms with E-state index in [4.69, 9.17) is 4.74 Å². The molecule has 25 heavy (non-hydrogen) atoms. The third-order valence-electron chi connectivity index (χ3n) is 5.21. The largest absolute Gasteiger partial charge is 0.497 e. The van der Waals surface area contributed by atoms with Gasteiger partial charge in [-0.3, -0.25) is 4.90 Å². The number of methoxy groups -OCH3 is 1. The van der Waals surface area contributed by atoms with Gasteiger partial charge in [-0.25, -0.2) is 0 Å². The van der Waals surface area contributed by atoms with Crippen LogP contribution in [0, 0.1) is 13.8 Å². The number of benzene rings is 2. The highest BCUT2D eigenvalue weighted by Gasteiger charge is 2.23. The van der Waals surface area contributed by atoms with Crippen molar-refractivity contribution in [1.29, 1.82) is 0 Å². The summed E-state index contributed by atoms with van der Waals surface area (Å²) in [5, 5.41) is 3.69. The topological polar surface area (TPSA) is 24.5 Å². The molecule has 1 N–H and O–H groups in total. The second kappa shape index (κ2) is 8.50. The van der Waals surface area contributed by atoms with Crippen LogP contribution in [0.1, 0.15) is 41.1 Å². The molecule has 134 valence electrons. The van der Waals surface area contributed by atoms with E-state index in [9.17, 15) is 0 Å². The maximum atomic E-state index is 5.43. The Morgan fingerprint density at radius 3 is 2.60 bits per heavy atom. The van der Waals surface area contributed by atoms with Crippen LogP contribution in [0.5, 0.6) is 5.75 Å². The molecule has 1 saturated heterocycles. The van der Waals surface area contributed by atoms with Crippen LogP contribution in [-0.2, 0) is 6.54 Å². The van der Waals surface area contributed by atoms with Gasteiger partial charge in [0, 0.05) is 19.1 Å². The SMILES string of the molecule is COc1cccc([C@H](CNCc2ccc(C)cc2C)N2CCCC2)c1. The van der Waals surface area contributed by atoms with Gasteiger partial charge < -0.3 is 10.1 Å². The molecule has 3 nitrogen and oxygen atoms in total. The van der Waals surface area contributed by atoms with Gasteiger partial charge in [-0.1, -0.05) is 35.9 Å². The molecule has 1 aliphatic heterocycles. The lowest BCUT2D eigenvalue weighted by Crippen LogP contribution is -2.34. The smallest absolute Gasteiger partial charge is 0.119 e. The first-order valence-electron chi connectivity index (χ1n) is 9.32. The van der Waals surface area contributed by atoms with Gasteiger partial charge >= 0.3 is 0 Å². The molecule has 0 aliphatic carbocycles. The Kier molecular flexibility index (Phi) is 6.11. The van der Waals surface area contributed by atoms with Crippen molar-refractivity contribution in [3.63, 3.8) is 0 Å². The van der Waals surface area contributed by atoms with Crippen LogP contribution >= 0.6 is 0 Å². The van der Waals surface area contributed by atoms with Gasteiger partial charge in [0.2, 0.25) is 0 Å². The zero-order chi connectivity index (χ0) is 17.6. The van der Waals surface area contributed by atoms with Gasteiger partial charge in [-0.05, 0) is 68.6 Å². The molecule has 2 aromatic carbocycles. The number of nitrogens with zero attached hydrogens (tertiary/aromatic N) is 1. The molecular formula is C22H30N2O. The number of aryl methyl sites for hydroxylation is 2. The first-order chi connectivity index (χ1) is 12.2. The predicted octanol–water partition coefficient (Wildman–Crippen LogP) is 4.24.